The van der Waals surface area contributed by atoms with Gasteiger partial charge in [0.15, 0.2) is 0 Å². The largest absolute Gasteiger partial charge is 0.341 e. The average molecular weight is 353 g/mol. The summed E-state index contributed by atoms with van der Waals surface area (Å²) < 4.78 is 1.08. The minimum atomic E-state index is 0.257. The van der Waals surface area contributed by atoms with Crippen LogP contribution in [0.15, 0.2) is 28.7 Å². The third kappa shape index (κ3) is 5.11. The zero-order valence-corrected chi connectivity index (χ0v) is 14.8. The van der Waals surface area contributed by atoms with Gasteiger partial charge in [-0.15, -0.1) is 0 Å². The number of hydrogen-bond donors (Lipinski definition) is 0. The highest BCUT2D eigenvalue weighted by atomic mass is 79.9. The van der Waals surface area contributed by atoms with E-state index in [2.05, 4.69) is 46.8 Å². The molecule has 116 valence electrons. The Kier molecular flexibility index (Phi) is 5.82. The molecule has 2 unspecified atom stereocenters. The highest BCUT2D eigenvalue weighted by molar-refractivity contribution is 9.10. The first-order valence-corrected chi connectivity index (χ1v) is 8.44. The second kappa shape index (κ2) is 7.41. The monoisotopic (exact) mass is 352 g/mol. The predicted molar refractivity (Wildman–Crippen MR) is 90.0 cm³/mol. The molecule has 0 spiro atoms. The van der Waals surface area contributed by atoms with Crippen molar-refractivity contribution in [2.45, 2.75) is 26.8 Å². The van der Waals surface area contributed by atoms with E-state index < -0.39 is 0 Å². The lowest BCUT2D eigenvalue weighted by molar-refractivity contribution is -0.134. The Morgan fingerprint density at radius 3 is 2.38 bits per heavy atom. The lowest BCUT2D eigenvalue weighted by atomic mass is 9.92. The molecule has 1 aliphatic rings. The first kappa shape index (κ1) is 16.5. The smallest absolute Gasteiger partial charge is 0.236 e. The maximum atomic E-state index is 12.4. The number of benzene rings is 1. The molecule has 1 aromatic carbocycles. The molecule has 0 saturated carbocycles. The number of carbonyl (C=O) groups is 1. The number of amides is 1. The summed E-state index contributed by atoms with van der Waals surface area (Å²) in [6.45, 7) is 7.60. The molecule has 0 aliphatic carbocycles. The van der Waals surface area contributed by atoms with Crippen molar-refractivity contribution in [3.63, 3.8) is 0 Å². The normalized spacial score (nSPS) is 22.6. The summed E-state index contributed by atoms with van der Waals surface area (Å²) in [5, 5.41) is 0. The van der Waals surface area contributed by atoms with E-state index in [9.17, 15) is 4.79 Å². The van der Waals surface area contributed by atoms with Gasteiger partial charge in [0.05, 0.1) is 6.54 Å². The number of carbonyl (C=O) groups excluding carboxylic acids is 1. The number of nitrogens with zero attached hydrogens (tertiary/aromatic N) is 2. The van der Waals surface area contributed by atoms with Crippen molar-refractivity contribution < 1.29 is 4.79 Å². The summed E-state index contributed by atoms with van der Waals surface area (Å²) in [7, 11) is 2.01. The predicted octanol–water partition coefficient (Wildman–Crippen LogP) is 3.39. The molecule has 1 aromatic rings. The second-order valence-corrected chi connectivity index (χ2v) is 7.46. The van der Waals surface area contributed by atoms with Gasteiger partial charge in [-0.3, -0.25) is 9.69 Å². The van der Waals surface area contributed by atoms with Crippen LogP contribution in [0.5, 0.6) is 0 Å². The van der Waals surface area contributed by atoms with Gasteiger partial charge in [0.2, 0.25) is 5.91 Å². The van der Waals surface area contributed by atoms with E-state index in [0.29, 0.717) is 18.4 Å². The average Bonchev–Trinajstić information content (AvgIpc) is 2.40. The van der Waals surface area contributed by atoms with Gasteiger partial charge < -0.3 is 4.90 Å². The Balaban J connectivity index is 1.85. The zero-order valence-electron chi connectivity index (χ0n) is 13.2. The van der Waals surface area contributed by atoms with Crippen molar-refractivity contribution in [1.82, 2.24) is 9.80 Å². The van der Waals surface area contributed by atoms with Gasteiger partial charge in [0.1, 0.15) is 0 Å². The van der Waals surface area contributed by atoms with E-state index >= 15 is 0 Å². The van der Waals surface area contributed by atoms with Crippen LogP contribution in [0.4, 0.5) is 0 Å². The van der Waals surface area contributed by atoms with Crippen LogP contribution in [0.25, 0.3) is 0 Å². The van der Waals surface area contributed by atoms with Gasteiger partial charge in [-0.05, 0) is 43.0 Å². The molecule has 4 heteroatoms. The third-order valence-electron chi connectivity index (χ3n) is 3.99. The van der Waals surface area contributed by atoms with Gasteiger partial charge in [-0.25, -0.2) is 0 Å². The molecular formula is C17H25BrN2O. The van der Waals surface area contributed by atoms with Crippen LogP contribution in [0, 0.1) is 11.8 Å². The Labute approximate surface area is 136 Å². The van der Waals surface area contributed by atoms with Crippen LogP contribution in [0.1, 0.15) is 25.8 Å². The molecule has 1 amide bonds. The lowest BCUT2D eigenvalue weighted by Gasteiger charge is -2.35. The summed E-state index contributed by atoms with van der Waals surface area (Å²) in [6.07, 6.45) is 1.23. The fourth-order valence-electron chi connectivity index (χ4n) is 3.15. The van der Waals surface area contributed by atoms with E-state index in [1.807, 2.05) is 24.1 Å². The summed E-state index contributed by atoms with van der Waals surface area (Å²) in [5.74, 6) is 1.50. The van der Waals surface area contributed by atoms with Gasteiger partial charge in [0, 0.05) is 24.1 Å². The molecule has 2 rings (SSSR count). The van der Waals surface area contributed by atoms with Crippen LogP contribution in [-0.4, -0.2) is 42.4 Å². The Hall–Kier alpha value is -0.870. The number of likely N-dealkylation sites (tertiary alicyclic amines) is 1. The van der Waals surface area contributed by atoms with Crippen molar-refractivity contribution in [2.24, 2.45) is 11.8 Å². The van der Waals surface area contributed by atoms with Crippen LogP contribution in [0.3, 0.4) is 0 Å². The number of rotatable bonds is 4. The molecule has 0 N–H and O–H groups in total. The van der Waals surface area contributed by atoms with E-state index in [1.54, 1.807) is 0 Å². The number of hydrogen-bond acceptors (Lipinski definition) is 2. The fraction of sp³-hybridized carbons (Fsp3) is 0.588. The minimum absolute atomic E-state index is 0.257. The Morgan fingerprint density at radius 1 is 1.24 bits per heavy atom. The van der Waals surface area contributed by atoms with Crippen molar-refractivity contribution >= 4 is 21.8 Å². The van der Waals surface area contributed by atoms with Crippen LogP contribution in [-0.2, 0) is 11.3 Å². The molecule has 1 heterocycles. The lowest BCUT2D eigenvalue weighted by Crippen LogP contribution is -2.46. The standard InChI is InChI=1S/C17H25BrN2O/c1-13-8-14(2)10-20(9-13)17(21)12-19(3)11-15-4-6-16(18)7-5-15/h4-7,13-14H,8-12H2,1-3H3. The molecule has 21 heavy (non-hydrogen) atoms. The summed E-state index contributed by atoms with van der Waals surface area (Å²) in [6, 6.07) is 8.27. The van der Waals surface area contributed by atoms with Gasteiger partial charge in [0.25, 0.3) is 0 Å². The van der Waals surface area contributed by atoms with Gasteiger partial charge in [-0.2, -0.15) is 0 Å². The maximum Gasteiger partial charge on any atom is 0.236 e. The second-order valence-electron chi connectivity index (χ2n) is 6.54. The number of likely N-dealkylation sites (N-methyl/N-ethyl adjacent to an activating group) is 1. The van der Waals surface area contributed by atoms with Crippen molar-refractivity contribution in [3.8, 4) is 0 Å². The van der Waals surface area contributed by atoms with E-state index in [0.717, 1.165) is 24.1 Å². The Bertz CT molecular complexity index is 464. The summed E-state index contributed by atoms with van der Waals surface area (Å²) in [5.41, 5.74) is 1.23. The van der Waals surface area contributed by atoms with Crippen molar-refractivity contribution in [2.75, 3.05) is 26.7 Å². The number of halogens is 1. The zero-order chi connectivity index (χ0) is 15.4. The SMILES string of the molecule is CC1CC(C)CN(C(=O)CN(C)Cc2ccc(Br)cc2)C1. The van der Waals surface area contributed by atoms with Gasteiger partial charge in [-0.1, -0.05) is 41.9 Å². The third-order valence-corrected chi connectivity index (χ3v) is 4.52. The molecule has 1 aliphatic heterocycles. The van der Waals surface area contributed by atoms with E-state index in [1.165, 1.54) is 12.0 Å². The highest BCUT2D eigenvalue weighted by Crippen LogP contribution is 2.21. The molecular weight excluding hydrogens is 328 g/mol. The molecule has 0 bridgehead atoms. The molecule has 1 saturated heterocycles. The molecule has 2 atom stereocenters. The molecule has 3 nitrogen and oxygen atoms in total. The van der Waals surface area contributed by atoms with Crippen LogP contribution < -0.4 is 0 Å². The van der Waals surface area contributed by atoms with Crippen LogP contribution >= 0.6 is 15.9 Å². The topological polar surface area (TPSA) is 23.6 Å². The molecule has 1 fully saturated rings. The van der Waals surface area contributed by atoms with Crippen molar-refractivity contribution in [1.29, 1.82) is 0 Å². The summed E-state index contributed by atoms with van der Waals surface area (Å²) >= 11 is 3.44. The molecule has 0 radical (unpaired) electrons. The minimum Gasteiger partial charge on any atom is -0.341 e. The summed E-state index contributed by atoms with van der Waals surface area (Å²) in [4.78, 5) is 16.6. The van der Waals surface area contributed by atoms with Gasteiger partial charge >= 0.3 is 0 Å². The molecule has 0 aromatic heterocycles. The maximum absolute atomic E-state index is 12.4. The first-order valence-electron chi connectivity index (χ1n) is 7.65. The quantitative estimate of drug-likeness (QED) is 0.829. The van der Waals surface area contributed by atoms with Crippen molar-refractivity contribution in [3.05, 3.63) is 34.3 Å². The van der Waals surface area contributed by atoms with E-state index in [4.69, 9.17) is 0 Å². The van der Waals surface area contributed by atoms with E-state index in [-0.39, 0.29) is 5.91 Å². The number of piperidine rings is 1. The van der Waals surface area contributed by atoms with Crippen LogP contribution in [0.2, 0.25) is 0 Å². The Morgan fingerprint density at radius 2 is 1.81 bits per heavy atom. The highest BCUT2D eigenvalue weighted by Gasteiger charge is 2.25. The fourth-order valence-corrected chi connectivity index (χ4v) is 3.42. The first-order chi connectivity index (χ1) is 9.94.